The van der Waals surface area contributed by atoms with Gasteiger partial charge in [-0.15, -0.1) is 0 Å². The summed E-state index contributed by atoms with van der Waals surface area (Å²) in [6, 6.07) is 0.116. The Morgan fingerprint density at radius 3 is 3.07 bits per heavy atom. The van der Waals surface area contributed by atoms with Crippen LogP contribution in [0.5, 0.6) is 0 Å². The maximum atomic E-state index is 12.0. The summed E-state index contributed by atoms with van der Waals surface area (Å²) in [5.41, 5.74) is 0. The number of amides is 1. The summed E-state index contributed by atoms with van der Waals surface area (Å²) in [5, 5.41) is 3.88. The quantitative estimate of drug-likeness (QED) is 0.697. The standard InChI is InChI=1S/C10H18N2OS/c1-8-7-12(5-6-14-8)10(13)9-3-2-4-11-9/h8-9,11H,2-7H2,1H3/t8?,9-/m0/s1. The van der Waals surface area contributed by atoms with E-state index in [0.717, 1.165) is 38.2 Å². The molecule has 80 valence electrons. The van der Waals surface area contributed by atoms with E-state index in [2.05, 4.69) is 12.2 Å². The van der Waals surface area contributed by atoms with Crippen molar-refractivity contribution < 1.29 is 4.79 Å². The lowest BCUT2D eigenvalue weighted by molar-refractivity contribution is -0.132. The molecular weight excluding hydrogens is 196 g/mol. The third-order valence-corrected chi connectivity index (χ3v) is 4.05. The van der Waals surface area contributed by atoms with E-state index < -0.39 is 0 Å². The third kappa shape index (κ3) is 2.23. The monoisotopic (exact) mass is 214 g/mol. The van der Waals surface area contributed by atoms with E-state index in [1.54, 1.807) is 0 Å². The number of thioether (sulfide) groups is 1. The maximum absolute atomic E-state index is 12.0. The van der Waals surface area contributed by atoms with Gasteiger partial charge in [-0.25, -0.2) is 0 Å². The molecular formula is C10H18N2OS. The Balaban J connectivity index is 1.89. The van der Waals surface area contributed by atoms with Gasteiger partial charge in [-0.3, -0.25) is 4.79 Å². The van der Waals surface area contributed by atoms with Crippen LogP contribution >= 0.6 is 11.8 Å². The van der Waals surface area contributed by atoms with Gasteiger partial charge in [-0.2, -0.15) is 11.8 Å². The molecule has 2 aliphatic rings. The Bertz CT molecular complexity index is 216. The fourth-order valence-electron chi connectivity index (χ4n) is 2.13. The van der Waals surface area contributed by atoms with Crippen LogP contribution in [0.3, 0.4) is 0 Å². The molecule has 14 heavy (non-hydrogen) atoms. The number of carbonyl (C=O) groups excluding carboxylic acids is 1. The molecule has 1 unspecified atom stereocenters. The van der Waals surface area contributed by atoms with Crippen LogP contribution in [0, 0.1) is 0 Å². The SMILES string of the molecule is CC1CN(C(=O)[C@@H]2CCCN2)CCS1. The molecule has 0 aliphatic carbocycles. The van der Waals surface area contributed by atoms with Crippen molar-refractivity contribution in [2.45, 2.75) is 31.1 Å². The summed E-state index contributed by atoms with van der Waals surface area (Å²) in [6.07, 6.45) is 2.17. The van der Waals surface area contributed by atoms with Gasteiger partial charge < -0.3 is 10.2 Å². The van der Waals surface area contributed by atoms with Crippen LogP contribution in [0.25, 0.3) is 0 Å². The minimum atomic E-state index is 0.116. The highest BCUT2D eigenvalue weighted by atomic mass is 32.2. The van der Waals surface area contributed by atoms with Crippen LogP contribution in [0.1, 0.15) is 19.8 Å². The number of hydrogen-bond acceptors (Lipinski definition) is 3. The number of carbonyl (C=O) groups is 1. The Labute approximate surface area is 89.6 Å². The van der Waals surface area contributed by atoms with Crippen molar-refractivity contribution in [2.75, 3.05) is 25.4 Å². The molecule has 2 heterocycles. The van der Waals surface area contributed by atoms with Crippen molar-refractivity contribution in [3.8, 4) is 0 Å². The Hall–Kier alpha value is -0.220. The lowest BCUT2D eigenvalue weighted by Crippen LogP contribution is -2.48. The highest BCUT2D eigenvalue weighted by molar-refractivity contribution is 7.99. The van der Waals surface area contributed by atoms with Gasteiger partial charge in [0, 0.05) is 24.1 Å². The first-order chi connectivity index (χ1) is 6.77. The lowest BCUT2D eigenvalue weighted by Gasteiger charge is -2.32. The molecule has 2 saturated heterocycles. The smallest absolute Gasteiger partial charge is 0.239 e. The van der Waals surface area contributed by atoms with Crippen molar-refractivity contribution in [3.63, 3.8) is 0 Å². The topological polar surface area (TPSA) is 32.3 Å². The van der Waals surface area contributed by atoms with E-state index in [1.807, 2.05) is 16.7 Å². The highest BCUT2D eigenvalue weighted by Gasteiger charge is 2.29. The zero-order chi connectivity index (χ0) is 9.97. The Morgan fingerprint density at radius 1 is 1.57 bits per heavy atom. The minimum Gasteiger partial charge on any atom is -0.339 e. The first-order valence-corrected chi connectivity index (χ1v) is 6.46. The molecule has 0 radical (unpaired) electrons. The van der Waals surface area contributed by atoms with Gasteiger partial charge >= 0.3 is 0 Å². The van der Waals surface area contributed by atoms with Crippen molar-refractivity contribution >= 4 is 17.7 Å². The van der Waals surface area contributed by atoms with Crippen molar-refractivity contribution in [1.29, 1.82) is 0 Å². The van der Waals surface area contributed by atoms with E-state index >= 15 is 0 Å². The van der Waals surface area contributed by atoms with Gasteiger partial charge in [-0.05, 0) is 19.4 Å². The highest BCUT2D eigenvalue weighted by Crippen LogP contribution is 2.19. The van der Waals surface area contributed by atoms with E-state index in [9.17, 15) is 4.79 Å². The minimum absolute atomic E-state index is 0.116. The van der Waals surface area contributed by atoms with Crippen LogP contribution in [-0.4, -0.2) is 47.5 Å². The predicted molar refractivity (Wildman–Crippen MR) is 59.5 cm³/mol. The van der Waals surface area contributed by atoms with E-state index in [4.69, 9.17) is 0 Å². The molecule has 4 heteroatoms. The molecule has 0 saturated carbocycles. The predicted octanol–water partition coefficient (Wildman–Crippen LogP) is 0.702. The molecule has 2 atom stereocenters. The molecule has 2 rings (SSSR count). The Morgan fingerprint density at radius 2 is 2.43 bits per heavy atom. The lowest BCUT2D eigenvalue weighted by atomic mass is 10.2. The molecule has 0 aromatic heterocycles. The normalized spacial score (nSPS) is 33.4. The second kappa shape index (κ2) is 4.53. The molecule has 1 N–H and O–H groups in total. The van der Waals surface area contributed by atoms with Crippen molar-refractivity contribution in [2.24, 2.45) is 0 Å². The molecule has 2 aliphatic heterocycles. The van der Waals surface area contributed by atoms with Crippen LogP contribution in [0.4, 0.5) is 0 Å². The first-order valence-electron chi connectivity index (χ1n) is 5.41. The molecule has 1 amide bonds. The van der Waals surface area contributed by atoms with Gasteiger partial charge in [0.25, 0.3) is 0 Å². The van der Waals surface area contributed by atoms with Crippen LogP contribution in [-0.2, 0) is 4.79 Å². The third-order valence-electron chi connectivity index (χ3n) is 2.91. The van der Waals surface area contributed by atoms with Gasteiger partial charge in [0.15, 0.2) is 0 Å². The molecule has 0 spiro atoms. The summed E-state index contributed by atoms with van der Waals surface area (Å²) in [6.45, 7) is 5.08. The van der Waals surface area contributed by atoms with E-state index in [-0.39, 0.29) is 6.04 Å². The molecule has 3 nitrogen and oxygen atoms in total. The Kier molecular flexibility index (Phi) is 3.34. The number of rotatable bonds is 1. The number of nitrogens with one attached hydrogen (secondary N) is 1. The van der Waals surface area contributed by atoms with Crippen LogP contribution < -0.4 is 5.32 Å². The number of hydrogen-bond donors (Lipinski definition) is 1. The van der Waals surface area contributed by atoms with Crippen LogP contribution in [0.15, 0.2) is 0 Å². The average molecular weight is 214 g/mol. The van der Waals surface area contributed by atoms with Crippen molar-refractivity contribution in [3.05, 3.63) is 0 Å². The fraction of sp³-hybridized carbons (Fsp3) is 0.900. The van der Waals surface area contributed by atoms with Gasteiger partial charge in [0.2, 0.25) is 5.91 Å². The second-order valence-corrected chi connectivity index (χ2v) is 5.66. The molecule has 2 fully saturated rings. The van der Waals surface area contributed by atoms with E-state index in [1.165, 1.54) is 0 Å². The summed E-state index contributed by atoms with van der Waals surface area (Å²) in [4.78, 5) is 14.0. The van der Waals surface area contributed by atoms with Crippen molar-refractivity contribution in [1.82, 2.24) is 10.2 Å². The summed E-state index contributed by atoms with van der Waals surface area (Å²) in [7, 11) is 0. The maximum Gasteiger partial charge on any atom is 0.239 e. The summed E-state index contributed by atoms with van der Waals surface area (Å²) < 4.78 is 0. The zero-order valence-corrected chi connectivity index (χ0v) is 9.48. The largest absolute Gasteiger partial charge is 0.339 e. The molecule has 0 aromatic carbocycles. The number of nitrogens with zero attached hydrogens (tertiary/aromatic N) is 1. The van der Waals surface area contributed by atoms with Gasteiger partial charge in [-0.1, -0.05) is 6.92 Å². The average Bonchev–Trinajstić information content (AvgIpc) is 2.69. The zero-order valence-electron chi connectivity index (χ0n) is 8.66. The molecule has 0 aromatic rings. The van der Waals surface area contributed by atoms with E-state index in [0.29, 0.717) is 11.2 Å². The van der Waals surface area contributed by atoms with Crippen LogP contribution in [0.2, 0.25) is 0 Å². The van der Waals surface area contributed by atoms with Gasteiger partial charge in [0.05, 0.1) is 6.04 Å². The molecule has 0 bridgehead atoms. The fourth-order valence-corrected chi connectivity index (χ4v) is 3.15. The summed E-state index contributed by atoms with van der Waals surface area (Å²) in [5.74, 6) is 1.43. The first kappa shape index (κ1) is 10.3. The second-order valence-electron chi connectivity index (χ2n) is 4.11. The summed E-state index contributed by atoms with van der Waals surface area (Å²) >= 11 is 1.97. The van der Waals surface area contributed by atoms with Gasteiger partial charge in [0.1, 0.15) is 0 Å².